The number of aliphatic carboxylic acids is 1. The van der Waals surface area contributed by atoms with Crippen molar-refractivity contribution in [3.8, 4) is 0 Å². The number of nitrogens with one attached hydrogen (secondary N) is 2. The maximum Gasteiger partial charge on any atom is 0.326 e. The molecule has 2 fully saturated rings. The molecule has 0 spiro atoms. The molecule has 0 aromatic rings. The summed E-state index contributed by atoms with van der Waals surface area (Å²) in [4.78, 5) is 25.5. The average Bonchev–Trinajstić information content (AvgIpc) is 3.16. The van der Waals surface area contributed by atoms with E-state index < -0.39 is 12.0 Å². The third kappa shape index (κ3) is 3.85. The highest BCUT2D eigenvalue weighted by Gasteiger charge is 2.35. The van der Waals surface area contributed by atoms with Gasteiger partial charge in [0, 0.05) is 25.2 Å². The maximum atomic E-state index is 11.9. The molecule has 0 radical (unpaired) electrons. The minimum atomic E-state index is -0.972. The standard InChI is InChI=1S/C14H25N3O3/c1-3-9(2)12(13(18)19)16-14(20)15-10-6-7-17(8-10)11-4-5-11/h9-12H,3-8H2,1-2H3,(H,18,19)(H2,15,16,20)/t9-,10?,12-/m0/s1. The molecule has 3 N–H and O–H groups in total. The van der Waals surface area contributed by atoms with Crippen LogP contribution in [0.15, 0.2) is 0 Å². The number of carbonyl (C=O) groups is 2. The molecule has 1 unspecified atom stereocenters. The van der Waals surface area contributed by atoms with E-state index in [9.17, 15) is 9.59 Å². The van der Waals surface area contributed by atoms with Gasteiger partial charge in [0.25, 0.3) is 0 Å². The van der Waals surface area contributed by atoms with Gasteiger partial charge in [0.2, 0.25) is 0 Å². The predicted octanol–water partition coefficient (Wildman–Crippen LogP) is 1.02. The summed E-state index contributed by atoms with van der Waals surface area (Å²) >= 11 is 0. The van der Waals surface area contributed by atoms with E-state index in [-0.39, 0.29) is 18.0 Å². The van der Waals surface area contributed by atoms with Crippen LogP contribution in [-0.2, 0) is 4.79 Å². The van der Waals surface area contributed by atoms with E-state index in [1.807, 2.05) is 13.8 Å². The lowest BCUT2D eigenvalue weighted by molar-refractivity contribution is -0.140. The van der Waals surface area contributed by atoms with Crippen molar-refractivity contribution in [3.05, 3.63) is 0 Å². The first kappa shape index (κ1) is 15.1. The molecule has 1 heterocycles. The topological polar surface area (TPSA) is 81.7 Å². The van der Waals surface area contributed by atoms with E-state index in [0.29, 0.717) is 0 Å². The fourth-order valence-electron chi connectivity index (χ4n) is 2.73. The Morgan fingerprint density at radius 1 is 1.35 bits per heavy atom. The van der Waals surface area contributed by atoms with Gasteiger partial charge in [-0.1, -0.05) is 20.3 Å². The monoisotopic (exact) mass is 283 g/mol. The molecular weight excluding hydrogens is 258 g/mol. The largest absolute Gasteiger partial charge is 0.480 e. The van der Waals surface area contributed by atoms with Gasteiger partial charge in [-0.25, -0.2) is 9.59 Å². The lowest BCUT2D eigenvalue weighted by atomic mass is 9.99. The number of urea groups is 1. The Bertz CT molecular complexity index is 371. The smallest absolute Gasteiger partial charge is 0.326 e. The van der Waals surface area contributed by atoms with E-state index in [4.69, 9.17) is 5.11 Å². The predicted molar refractivity (Wildman–Crippen MR) is 75.5 cm³/mol. The highest BCUT2D eigenvalue weighted by atomic mass is 16.4. The Morgan fingerprint density at radius 2 is 2.05 bits per heavy atom. The van der Waals surface area contributed by atoms with Gasteiger partial charge in [-0.2, -0.15) is 0 Å². The summed E-state index contributed by atoms with van der Waals surface area (Å²) in [6, 6.07) is -0.319. The third-order valence-electron chi connectivity index (χ3n) is 4.38. The van der Waals surface area contributed by atoms with Gasteiger partial charge < -0.3 is 15.7 Å². The molecule has 114 valence electrons. The van der Waals surface area contributed by atoms with E-state index >= 15 is 0 Å². The van der Waals surface area contributed by atoms with E-state index in [2.05, 4.69) is 15.5 Å². The fourth-order valence-corrected chi connectivity index (χ4v) is 2.73. The van der Waals surface area contributed by atoms with Crippen LogP contribution < -0.4 is 10.6 Å². The van der Waals surface area contributed by atoms with Crippen molar-refractivity contribution in [2.75, 3.05) is 13.1 Å². The highest BCUT2D eigenvalue weighted by molar-refractivity contribution is 5.82. The number of hydrogen-bond acceptors (Lipinski definition) is 3. The molecule has 2 aliphatic rings. The van der Waals surface area contributed by atoms with Crippen LogP contribution in [0.1, 0.15) is 39.5 Å². The SMILES string of the molecule is CC[C@H](C)[C@H](NC(=O)NC1CCN(C2CC2)C1)C(=O)O. The van der Waals surface area contributed by atoms with E-state index in [1.165, 1.54) is 12.8 Å². The van der Waals surface area contributed by atoms with Crippen LogP contribution in [0.5, 0.6) is 0 Å². The second-order valence-electron chi connectivity index (χ2n) is 6.03. The second kappa shape index (κ2) is 6.43. The molecular formula is C14H25N3O3. The van der Waals surface area contributed by atoms with E-state index in [0.717, 1.165) is 32.0 Å². The zero-order chi connectivity index (χ0) is 14.7. The minimum absolute atomic E-state index is 0.0789. The first-order valence-corrected chi connectivity index (χ1v) is 7.55. The zero-order valence-corrected chi connectivity index (χ0v) is 12.3. The highest BCUT2D eigenvalue weighted by Crippen LogP contribution is 2.29. The second-order valence-corrected chi connectivity index (χ2v) is 6.03. The number of rotatable bonds is 6. The third-order valence-corrected chi connectivity index (χ3v) is 4.38. The first-order valence-electron chi connectivity index (χ1n) is 7.55. The Morgan fingerprint density at radius 3 is 2.60 bits per heavy atom. The van der Waals surface area contributed by atoms with Gasteiger partial charge in [0.15, 0.2) is 0 Å². The molecule has 1 aliphatic carbocycles. The molecule has 2 rings (SSSR count). The van der Waals surface area contributed by atoms with Gasteiger partial charge in [0.05, 0.1) is 0 Å². The quantitative estimate of drug-likeness (QED) is 0.680. The van der Waals surface area contributed by atoms with Gasteiger partial charge in [0.1, 0.15) is 6.04 Å². The van der Waals surface area contributed by atoms with Crippen LogP contribution in [-0.4, -0.2) is 53.2 Å². The molecule has 0 aromatic carbocycles. The van der Waals surface area contributed by atoms with Crippen LogP contribution >= 0.6 is 0 Å². The van der Waals surface area contributed by atoms with E-state index in [1.54, 1.807) is 0 Å². The van der Waals surface area contributed by atoms with Crippen LogP contribution in [0, 0.1) is 5.92 Å². The lowest BCUT2D eigenvalue weighted by Crippen LogP contribution is -2.51. The number of hydrogen-bond donors (Lipinski definition) is 3. The fraction of sp³-hybridized carbons (Fsp3) is 0.857. The van der Waals surface area contributed by atoms with Crippen LogP contribution in [0.2, 0.25) is 0 Å². The Hall–Kier alpha value is -1.30. The van der Waals surface area contributed by atoms with Crippen molar-refractivity contribution in [2.45, 2.75) is 57.7 Å². The molecule has 3 atom stereocenters. The number of amides is 2. The summed E-state index contributed by atoms with van der Waals surface area (Å²) in [6.45, 7) is 5.68. The van der Waals surface area contributed by atoms with Gasteiger partial charge >= 0.3 is 12.0 Å². The molecule has 1 saturated heterocycles. The van der Waals surface area contributed by atoms with Crippen molar-refractivity contribution in [1.82, 2.24) is 15.5 Å². The van der Waals surface area contributed by atoms with Gasteiger partial charge in [-0.3, -0.25) is 4.90 Å². The van der Waals surface area contributed by atoms with Crippen LogP contribution in [0.3, 0.4) is 0 Å². The van der Waals surface area contributed by atoms with Gasteiger partial charge in [-0.05, 0) is 25.2 Å². The molecule has 6 nitrogen and oxygen atoms in total. The molecule has 1 aliphatic heterocycles. The normalized spacial score (nSPS) is 26.0. The lowest BCUT2D eigenvalue weighted by Gasteiger charge is -2.22. The minimum Gasteiger partial charge on any atom is -0.480 e. The summed E-state index contributed by atoms with van der Waals surface area (Å²) < 4.78 is 0. The maximum absolute atomic E-state index is 11.9. The van der Waals surface area contributed by atoms with Crippen molar-refractivity contribution >= 4 is 12.0 Å². The Kier molecular flexibility index (Phi) is 4.86. The zero-order valence-electron chi connectivity index (χ0n) is 12.3. The van der Waals surface area contributed by atoms with Crippen molar-refractivity contribution < 1.29 is 14.7 Å². The summed E-state index contributed by atoms with van der Waals surface area (Å²) in [5.74, 6) is -1.05. The summed E-state index contributed by atoms with van der Waals surface area (Å²) in [5.41, 5.74) is 0. The molecule has 2 amide bonds. The van der Waals surface area contributed by atoms with Gasteiger partial charge in [-0.15, -0.1) is 0 Å². The Labute approximate surface area is 119 Å². The summed E-state index contributed by atoms with van der Waals surface area (Å²) in [7, 11) is 0. The number of carboxylic acids is 1. The Balaban J connectivity index is 1.77. The number of carbonyl (C=O) groups excluding carboxylic acids is 1. The summed E-state index contributed by atoms with van der Waals surface area (Å²) in [5, 5.41) is 14.6. The molecule has 0 bridgehead atoms. The number of nitrogens with zero attached hydrogens (tertiary/aromatic N) is 1. The van der Waals surface area contributed by atoms with Crippen molar-refractivity contribution in [3.63, 3.8) is 0 Å². The van der Waals surface area contributed by atoms with Crippen molar-refractivity contribution in [1.29, 1.82) is 0 Å². The van der Waals surface area contributed by atoms with Crippen molar-refractivity contribution in [2.24, 2.45) is 5.92 Å². The first-order chi connectivity index (χ1) is 9.51. The number of carboxylic acid groups (broad SMARTS) is 1. The molecule has 6 heteroatoms. The van der Waals surface area contributed by atoms with Crippen LogP contribution in [0.25, 0.3) is 0 Å². The summed E-state index contributed by atoms with van der Waals surface area (Å²) in [6.07, 6.45) is 4.21. The molecule has 20 heavy (non-hydrogen) atoms. The molecule has 1 saturated carbocycles. The number of likely N-dealkylation sites (tertiary alicyclic amines) is 1. The average molecular weight is 283 g/mol. The van der Waals surface area contributed by atoms with Crippen LogP contribution in [0.4, 0.5) is 4.79 Å². The molecule has 0 aromatic heterocycles.